The van der Waals surface area contributed by atoms with Crippen LogP contribution in [0.25, 0.3) is 0 Å². The first kappa shape index (κ1) is 15.6. The molecule has 1 aromatic heterocycles. The fourth-order valence-corrected chi connectivity index (χ4v) is 3.26. The van der Waals surface area contributed by atoms with Gasteiger partial charge in [0.05, 0.1) is 11.0 Å². The van der Waals surface area contributed by atoms with E-state index in [-0.39, 0.29) is 0 Å². The summed E-state index contributed by atoms with van der Waals surface area (Å²) < 4.78 is 50.6. The summed E-state index contributed by atoms with van der Waals surface area (Å²) >= 11 is 0. The second-order valence-corrected chi connectivity index (χ2v) is 6.49. The topological polar surface area (TPSA) is 48.2 Å². The number of ether oxygens (including phenoxy) is 1. The van der Waals surface area contributed by atoms with Gasteiger partial charge in [-0.3, -0.25) is 0 Å². The number of nitrogens with zero attached hydrogens (tertiary/aromatic N) is 2. The first-order valence-electron chi connectivity index (χ1n) is 8.08. The molecule has 0 bridgehead atoms. The fraction of sp³-hybridized carbons (Fsp3) is 0.529. The van der Waals surface area contributed by atoms with E-state index in [0.29, 0.717) is 49.3 Å². The summed E-state index contributed by atoms with van der Waals surface area (Å²) in [6.07, 6.45) is -1.26. The van der Waals surface area contributed by atoms with Crippen molar-refractivity contribution in [2.24, 2.45) is 0 Å². The lowest BCUT2D eigenvalue weighted by Crippen LogP contribution is -2.35. The highest BCUT2D eigenvalue weighted by atomic mass is 19.4. The Labute approximate surface area is 137 Å². The number of aromatic nitrogens is 2. The molecule has 4 nitrogen and oxygen atoms in total. The van der Waals surface area contributed by atoms with Crippen molar-refractivity contribution in [1.29, 1.82) is 0 Å². The maximum absolute atomic E-state index is 13.1. The molecule has 0 spiro atoms. The first-order chi connectivity index (χ1) is 11.5. The zero-order valence-corrected chi connectivity index (χ0v) is 13.0. The molecule has 1 aromatic carbocycles. The standard InChI is InChI=1S/C17H17F3N2O2/c18-17(19,20)13-3-1-2-12(10-13)16(6-8-23-9-7-16)15-22-21-14(24-15)11-4-5-11/h1-3,10-11H,4-9H2. The van der Waals surface area contributed by atoms with Crippen molar-refractivity contribution < 1.29 is 22.3 Å². The number of hydrogen-bond acceptors (Lipinski definition) is 4. The molecular weight excluding hydrogens is 321 g/mol. The molecule has 1 aliphatic carbocycles. The Morgan fingerprint density at radius 1 is 1.08 bits per heavy atom. The second kappa shape index (κ2) is 5.58. The van der Waals surface area contributed by atoms with Crippen LogP contribution in [0.5, 0.6) is 0 Å². The van der Waals surface area contributed by atoms with E-state index in [4.69, 9.17) is 9.15 Å². The number of halogens is 3. The zero-order chi connectivity index (χ0) is 16.8. The molecule has 0 radical (unpaired) electrons. The van der Waals surface area contributed by atoms with Crippen molar-refractivity contribution in [3.63, 3.8) is 0 Å². The lowest BCUT2D eigenvalue weighted by Gasteiger charge is -2.34. The third-order valence-corrected chi connectivity index (χ3v) is 4.87. The van der Waals surface area contributed by atoms with Gasteiger partial charge in [0.25, 0.3) is 0 Å². The summed E-state index contributed by atoms with van der Waals surface area (Å²) in [5.41, 5.74) is -0.806. The first-order valence-corrected chi connectivity index (χ1v) is 8.08. The molecule has 0 atom stereocenters. The predicted molar refractivity (Wildman–Crippen MR) is 78.6 cm³/mol. The fourth-order valence-electron chi connectivity index (χ4n) is 3.26. The van der Waals surface area contributed by atoms with E-state index in [1.165, 1.54) is 12.1 Å². The Balaban J connectivity index is 1.78. The SMILES string of the molecule is FC(F)(F)c1cccc(C2(c3nnc(C4CC4)o3)CCOCC2)c1. The van der Waals surface area contributed by atoms with Crippen LogP contribution in [0.3, 0.4) is 0 Å². The van der Waals surface area contributed by atoms with Gasteiger partial charge in [0.1, 0.15) is 0 Å². The van der Waals surface area contributed by atoms with Gasteiger partial charge in [0.15, 0.2) is 0 Å². The highest BCUT2D eigenvalue weighted by Gasteiger charge is 2.43. The van der Waals surface area contributed by atoms with Crippen molar-refractivity contribution in [2.45, 2.75) is 43.2 Å². The average Bonchev–Trinajstić information content (AvgIpc) is 3.32. The lowest BCUT2D eigenvalue weighted by molar-refractivity contribution is -0.137. The largest absolute Gasteiger partial charge is 0.424 e. The number of rotatable bonds is 3. The maximum atomic E-state index is 13.1. The van der Waals surface area contributed by atoms with Crippen molar-refractivity contribution in [3.05, 3.63) is 47.2 Å². The second-order valence-electron chi connectivity index (χ2n) is 6.49. The van der Waals surface area contributed by atoms with Crippen molar-refractivity contribution in [3.8, 4) is 0 Å². The summed E-state index contributed by atoms with van der Waals surface area (Å²) in [4.78, 5) is 0. The third-order valence-electron chi connectivity index (χ3n) is 4.87. The Hall–Kier alpha value is -1.89. The van der Waals surface area contributed by atoms with Crippen molar-refractivity contribution in [2.75, 3.05) is 13.2 Å². The minimum atomic E-state index is -4.38. The van der Waals surface area contributed by atoms with Gasteiger partial charge in [-0.25, -0.2) is 0 Å². The number of alkyl halides is 3. The number of hydrogen-bond donors (Lipinski definition) is 0. The van der Waals surface area contributed by atoms with Gasteiger partial charge in [-0.05, 0) is 37.3 Å². The quantitative estimate of drug-likeness (QED) is 0.847. The van der Waals surface area contributed by atoms with Crippen LogP contribution in [0.2, 0.25) is 0 Å². The summed E-state index contributed by atoms with van der Waals surface area (Å²) in [5.74, 6) is 1.32. The van der Waals surface area contributed by atoms with E-state index < -0.39 is 17.2 Å². The van der Waals surface area contributed by atoms with Gasteiger partial charge in [0, 0.05) is 19.1 Å². The van der Waals surface area contributed by atoms with Crippen LogP contribution in [-0.4, -0.2) is 23.4 Å². The molecule has 1 saturated heterocycles. The molecule has 0 N–H and O–H groups in total. The molecular formula is C17H17F3N2O2. The summed E-state index contributed by atoms with van der Waals surface area (Å²) in [6.45, 7) is 0.911. The molecule has 0 amide bonds. The summed E-state index contributed by atoms with van der Waals surface area (Å²) in [5, 5.41) is 8.30. The molecule has 1 saturated carbocycles. The van der Waals surface area contributed by atoms with Gasteiger partial charge in [-0.2, -0.15) is 13.2 Å². The molecule has 1 aliphatic heterocycles. The zero-order valence-electron chi connectivity index (χ0n) is 13.0. The Morgan fingerprint density at radius 3 is 2.50 bits per heavy atom. The highest BCUT2D eigenvalue weighted by molar-refractivity contribution is 5.36. The van der Waals surface area contributed by atoms with Crippen LogP contribution in [0.15, 0.2) is 28.7 Å². The van der Waals surface area contributed by atoms with E-state index in [9.17, 15) is 13.2 Å². The van der Waals surface area contributed by atoms with Crippen LogP contribution >= 0.6 is 0 Å². The molecule has 2 aliphatic rings. The van der Waals surface area contributed by atoms with E-state index in [1.807, 2.05) is 0 Å². The van der Waals surface area contributed by atoms with Crippen molar-refractivity contribution in [1.82, 2.24) is 10.2 Å². The molecule has 0 unspecified atom stereocenters. The van der Waals surface area contributed by atoms with Crippen molar-refractivity contribution >= 4 is 0 Å². The molecule has 2 fully saturated rings. The highest BCUT2D eigenvalue weighted by Crippen LogP contribution is 2.45. The smallest absolute Gasteiger partial charge is 0.416 e. The summed E-state index contributed by atoms with van der Waals surface area (Å²) in [7, 11) is 0. The summed E-state index contributed by atoms with van der Waals surface area (Å²) in [6, 6.07) is 5.43. The van der Waals surface area contributed by atoms with Gasteiger partial charge < -0.3 is 9.15 Å². The van der Waals surface area contributed by atoms with E-state index in [1.54, 1.807) is 6.07 Å². The van der Waals surface area contributed by atoms with Gasteiger partial charge >= 0.3 is 6.18 Å². The Bertz CT molecular complexity index is 731. The molecule has 2 heterocycles. The van der Waals surface area contributed by atoms with E-state index in [2.05, 4.69) is 10.2 Å². The Kier molecular flexibility index (Phi) is 3.63. The minimum absolute atomic E-state index is 0.310. The molecule has 4 rings (SSSR count). The maximum Gasteiger partial charge on any atom is 0.416 e. The van der Waals surface area contributed by atoms with Gasteiger partial charge in [-0.1, -0.05) is 18.2 Å². The molecule has 128 valence electrons. The van der Waals surface area contributed by atoms with Crippen LogP contribution in [0.1, 0.15) is 54.5 Å². The normalized spacial score (nSPS) is 21.0. The van der Waals surface area contributed by atoms with Gasteiger partial charge in [-0.15, -0.1) is 10.2 Å². The van der Waals surface area contributed by atoms with E-state index >= 15 is 0 Å². The van der Waals surface area contributed by atoms with Gasteiger partial charge in [0.2, 0.25) is 11.8 Å². The third kappa shape index (κ3) is 2.70. The van der Waals surface area contributed by atoms with E-state index in [0.717, 1.165) is 18.9 Å². The van der Waals surface area contributed by atoms with Crippen LogP contribution in [0.4, 0.5) is 13.2 Å². The molecule has 7 heteroatoms. The van der Waals surface area contributed by atoms with Crippen LogP contribution in [0, 0.1) is 0 Å². The molecule has 24 heavy (non-hydrogen) atoms. The number of benzene rings is 1. The van der Waals surface area contributed by atoms with Crippen LogP contribution < -0.4 is 0 Å². The van der Waals surface area contributed by atoms with Crippen LogP contribution in [-0.2, 0) is 16.3 Å². The minimum Gasteiger partial charge on any atom is -0.424 e. The monoisotopic (exact) mass is 338 g/mol. The molecule has 2 aromatic rings. The lowest BCUT2D eigenvalue weighted by atomic mass is 9.73. The average molecular weight is 338 g/mol. The Morgan fingerprint density at radius 2 is 1.83 bits per heavy atom. The predicted octanol–water partition coefficient (Wildman–Crippen LogP) is 4.06.